The second-order valence-electron chi connectivity index (χ2n) is 5.72. The molecule has 1 aromatic heterocycles. The van der Waals surface area contributed by atoms with Crippen LogP contribution in [-0.2, 0) is 12.8 Å². The molecule has 21 heavy (non-hydrogen) atoms. The van der Waals surface area contributed by atoms with Gasteiger partial charge in [-0.3, -0.25) is 0 Å². The first-order valence-corrected chi connectivity index (χ1v) is 8.43. The van der Waals surface area contributed by atoms with Crippen molar-refractivity contribution < 1.29 is 0 Å². The number of fused-ring (bicyclic) bond motifs is 3. The highest BCUT2D eigenvalue weighted by molar-refractivity contribution is 7.25. The fourth-order valence-corrected chi connectivity index (χ4v) is 3.80. The molecule has 0 unspecified atom stereocenters. The maximum atomic E-state index is 2.30. The van der Waals surface area contributed by atoms with Crippen molar-refractivity contribution in [3.63, 3.8) is 0 Å². The second-order valence-corrected chi connectivity index (χ2v) is 6.81. The zero-order chi connectivity index (χ0) is 15.4. The summed E-state index contributed by atoms with van der Waals surface area (Å²) in [6, 6.07) is 13.4. The molecule has 0 fully saturated rings. The minimum Gasteiger partial charge on any atom is -0.312 e. The van der Waals surface area contributed by atoms with Crippen LogP contribution in [0.1, 0.15) is 25.0 Å². The van der Waals surface area contributed by atoms with Crippen molar-refractivity contribution in [1.29, 1.82) is 0 Å². The highest BCUT2D eigenvalue weighted by atomic mass is 32.1. The summed E-state index contributed by atoms with van der Waals surface area (Å²) in [4.78, 5) is 2.00. The van der Waals surface area contributed by atoms with E-state index in [1.807, 2.05) is 37.4 Å². The van der Waals surface area contributed by atoms with Crippen molar-refractivity contribution >= 4 is 31.5 Å². The topological polar surface area (TPSA) is 3.24 Å². The van der Waals surface area contributed by atoms with Crippen molar-refractivity contribution in [2.45, 2.75) is 26.7 Å². The average molecular weight is 299 g/mol. The molecular weight excluding hydrogens is 274 g/mol. The Bertz CT molecular complexity index is 722. The molecule has 112 valence electrons. The summed E-state index contributed by atoms with van der Waals surface area (Å²) in [7, 11) is 6.00. The van der Waals surface area contributed by atoms with Crippen LogP contribution in [0.15, 0.2) is 36.4 Å². The summed E-state index contributed by atoms with van der Waals surface area (Å²) in [5.74, 6) is 0. The van der Waals surface area contributed by atoms with Gasteiger partial charge in [0.25, 0.3) is 0 Å². The Morgan fingerprint density at radius 1 is 0.857 bits per heavy atom. The number of hydrogen-bond donors (Lipinski definition) is 0. The Hall–Kier alpha value is -1.38. The molecule has 0 spiro atoms. The van der Waals surface area contributed by atoms with Crippen molar-refractivity contribution in [3.05, 3.63) is 47.5 Å². The molecule has 1 nitrogen and oxygen atoms in total. The average Bonchev–Trinajstić information content (AvgIpc) is 2.84. The summed E-state index contributed by atoms with van der Waals surface area (Å²) >= 11 is 1.91. The summed E-state index contributed by atoms with van der Waals surface area (Å²) in [6.45, 7) is 4.51. The van der Waals surface area contributed by atoms with E-state index in [0.717, 1.165) is 12.8 Å². The van der Waals surface area contributed by atoms with Gasteiger partial charge in [-0.25, -0.2) is 0 Å². The molecule has 0 atom stereocenters. The molecule has 3 aromatic rings. The molecule has 0 aliphatic carbocycles. The van der Waals surface area contributed by atoms with Crippen LogP contribution in [0.25, 0.3) is 20.2 Å². The minimum atomic E-state index is 1.13. The van der Waals surface area contributed by atoms with Crippen LogP contribution in [0.3, 0.4) is 0 Å². The maximum Gasteiger partial charge on any atom is 0.0358 e. The molecule has 2 heteroatoms. The van der Waals surface area contributed by atoms with Crippen LogP contribution in [0, 0.1) is 0 Å². The van der Waals surface area contributed by atoms with Crippen molar-refractivity contribution in [2.24, 2.45) is 0 Å². The molecule has 0 N–H and O–H groups in total. The zero-order valence-corrected chi connectivity index (χ0v) is 14.6. The summed E-state index contributed by atoms with van der Waals surface area (Å²) < 4.78 is 2.84. The molecule has 3 rings (SSSR count). The molecule has 0 aliphatic heterocycles. The minimum absolute atomic E-state index is 1.13. The number of aryl methyl sites for hydroxylation is 2. The third-order valence-corrected chi connectivity index (χ3v) is 4.62. The largest absolute Gasteiger partial charge is 0.312 e. The zero-order valence-electron chi connectivity index (χ0n) is 13.7. The Kier molecular flexibility index (Phi) is 5.38. The van der Waals surface area contributed by atoms with E-state index < -0.39 is 0 Å². The van der Waals surface area contributed by atoms with Crippen LogP contribution >= 0.6 is 11.3 Å². The van der Waals surface area contributed by atoms with E-state index >= 15 is 0 Å². The fourth-order valence-electron chi connectivity index (χ4n) is 2.67. The highest BCUT2D eigenvalue weighted by Gasteiger charge is 2.10. The molecule has 0 saturated carbocycles. The smallest absolute Gasteiger partial charge is 0.0358 e. The Morgan fingerprint density at radius 3 is 2.14 bits per heavy atom. The number of thiophene rings is 1. The monoisotopic (exact) mass is 299 g/mol. The lowest BCUT2D eigenvalue weighted by atomic mass is 9.97. The van der Waals surface area contributed by atoms with E-state index in [1.165, 1.54) is 25.7 Å². The first-order chi connectivity index (χ1) is 10.1. The van der Waals surface area contributed by atoms with Crippen LogP contribution < -0.4 is 0 Å². The van der Waals surface area contributed by atoms with E-state index in [9.17, 15) is 0 Å². The van der Waals surface area contributed by atoms with Gasteiger partial charge in [-0.2, -0.15) is 0 Å². The molecule has 0 bridgehead atoms. The van der Waals surface area contributed by atoms with Crippen LogP contribution in [-0.4, -0.2) is 26.0 Å². The highest BCUT2D eigenvalue weighted by Crippen LogP contribution is 2.37. The van der Waals surface area contributed by atoms with Gasteiger partial charge in [-0.1, -0.05) is 38.1 Å². The van der Waals surface area contributed by atoms with Crippen molar-refractivity contribution in [3.8, 4) is 0 Å². The standard InChI is InChI=1S/C16H16S.C3H9N/c1-3-11-9-10-15-16(12(11)4-2)13-7-5-6-8-14(13)17-15;1-4(2)3/h5-10H,3-4H2,1-2H3;1-3H3. The summed E-state index contributed by atoms with van der Waals surface area (Å²) in [6.07, 6.45) is 2.25. The molecule has 0 saturated heterocycles. The number of nitrogens with zero attached hydrogens (tertiary/aromatic N) is 1. The molecule has 0 radical (unpaired) electrons. The first-order valence-electron chi connectivity index (χ1n) is 7.61. The van der Waals surface area contributed by atoms with Gasteiger partial charge in [0.1, 0.15) is 0 Å². The van der Waals surface area contributed by atoms with Gasteiger partial charge in [0.05, 0.1) is 0 Å². The normalized spacial score (nSPS) is 11.0. The third kappa shape index (κ3) is 3.45. The van der Waals surface area contributed by atoms with Gasteiger partial charge in [0, 0.05) is 20.2 Å². The molecule has 0 aliphatic rings. The van der Waals surface area contributed by atoms with E-state index in [1.54, 1.807) is 5.56 Å². The third-order valence-electron chi connectivity index (χ3n) is 3.48. The first kappa shape index (κ1) is 16.0. The number of rotatable bonds is 2. The van der Waals surface area contributed by atoms with E-state index in [0.29, 0.717) is 0 Å². The van der Waals surface area contributed by atoms with Crippen molar-refractivity contribution in [2.75, 3.05) is 21.1 Å². The summed E-state index contributed by atoms with van der Waals surface area (Å²) in [5.41, 5.74) is 3.05. The van der Waals surface area contributed by atoms with E-state index in [-0.39, 0.29) is 0 Å². The Morgan fingerprint density at radius 2 is 1.52 bits per heavy atom. The molecular formula is C19H25NS. The number of hydrogen-bond acceptors (Lipinski definition) is 2. The SMILES string of the molecule is CCc1ccc2sc3ccccc3c2c1CC.CN(C)C. The summed E-state index contributed by atoms with van der Waals surface area (Å²) in [5, 5.41) is 2.92. The lowest BCUT2D eigenvalue weighted by Gasteiger charge is -2.07. The van der Waals surface area contributed by atoms with E-state index in [2.05, 4.69) is 50.2 Å². The van der Waals surface area contributed by atoms with Gasteiger partial charge >= 0.3 is 0 Å². The maximum absolute atomic E-state index is 2.30. The Labute approximate surface area is 132 Å². The lowest BCUT2D eigenvalue weighted by Crippen LogP contribution is -1.99. The van der Waals surface area contributed by atoms with Gasteiger partial charge < -0.3 is 4.90 Å². The number of benzene rings is 2. The lowest BCUT2D eigenvalue weighted by molar-refractivity contribution is 0.505. The van der Waals surface area contributed by atoms with Gasteiger partial charge in [0.2, 0.25) is 0 Å². The van der Waals surface area contributed by atoms with Crippen LogP contribution in [0.4, 0.5) is 0 Å². The van der Waals surface area contributed by atoms with Crippen LogP contribution in [0.5, 0.6) is 0 Å². The van der Waals surface area contributed by atoms with Gasteiger partial charge in [0.15, 0.2) is 0 Å². The van der Waals surface area contributed by atoms with Gasteiger partial charge in [-0.05, 0) is 57.2 Å². The second kappa shape index (κ2) is 7.06. The predicted octanol–water partition coefficient (Wildman–Crippen LogP) is 5.36. The van der Waals surface area contributed by atoms with Gasteiger partial charge in [-0.15, -0.1) is 11.3 Å². The molecule has 0 amide bonds. The fraction of sp³-hybridized carbons (Fsp3) is 0.368. The van der Waals surface area contributed by atoms with Crippen LogP contribution in [0.2, 0.25) is 0 Å². The van der Waals surface area contributed by atoms with E-state index in [4.69, 9.17) is 0 Å². The van der Waals surface area contributed by atoms with Crippen molar-refractivity contribution in [1.82, 2.24) is 4.90 Å². The molecule has 1 heterocycles. The Balaban J connectivity index is 0.000000361. The quantitative estimate of drug-likeness (QED) is 0.616. The molecule has 2 aromatic carbocycles. The predicted molar refractivity (Wildman–Crippen MR) is 97.7 cm³/mol.